The molecule has 0 amide bonds. The quantitative estimate of drug-likeness (QED) is 0.519. The van der Waals surface area contributed by atoms with Gasteiger partial charge in [0.1, 0.15) is 0 Å². The number of hydrogen-bond acceptors (Lipinski definition) is 0. The van der Waals surface area contributed by atoms with Crippen molar-refractivity contribution in [2.75, 3.05) is 0 Å². The maximum absolute atomic E-state index is 3.52. The molecule has 0 saturated heterocycles. The fourth-order valence-electron chi connectivity index (χ4n) is 3.63. The van der Waals surface area contributed by atoms with Gasteiger partial charge in [-0.2, -0.15) is 0 Å². The third-order valence-electron chi connectivity index (χ3n) is 5.56. The molecule has 0 saturated carbocycles. The Hall–Kier alpha value is -2.96. The standard InChI is InChI=1S/C29H30/c1-5-23-8-12-25(13-9-23)16-17-27-20-22(4)29(28(7-3)21-27)19-18-26-14-10-24(6-2)11-15-26/h8-15,20-22,29H,5-7H2,1-4H3. The minimum Gasteiger partial charge on any atom is -0.0894 e. The predicted octanol–water partition coefficient (Wildman–Crippen LogP) is 6.74. The highest BCUT2D eigenvalue weighted by Gasteiger charge is 2.21. The summed E-state index contributed by atoms with van der Waals surface area (Å²) in [6, 6.07) is 17.2. The Labute approximate surface area is 176 Å². The van der Waals surface area contributed by atoms with Crippen molar-refractivity contribution < 1.29 is 0 Å². The molecule has 0 heteroatoms. The van der Waals surface area contributed by atoms with Crippen molar-refractivity contribution in [3.05, 3.63) is 94.1 Å². The van der Waals surface area contributed by atoms with Crippen LogP contribution in [0.25, 0.3) is 0 Å². The summed E-state index contributed by atoms with van der Waals surface area (Å²) in [5.74, 6) is 14.2. The summed E-state index contributed by atoms with van der Waals surface area (Å²) in [5, 5.41) is 0. The Kier molecular flexibility index (Phi) is 7.16. The lowest BCUT2D eigenvalue weighted by Gasteiger charge is -2.23. The van der Waals surface area contributed by atoms with Gasteiger partial charge in [-0.05, 0) is 66.6 Å². The smallest absolute Gasteiger partial charge is 0.0479 e. The lowest BCUT2D eigenvalue weighted by atomic mass is 9.80. The molecule has 0 bridgehead atoms. The number of benzene rings is 2. The van der Waals surface area contributed by atoms with Gasteiger partial charge in [0.2, 0.25) is 0 Å². The van der Waals surface area contributed by atoms with Crippen molar-refractivity contribution in [3.8, 4) is 23.7 Å². The zero-order valence-electron chi connectivity index (χ0n) is 18.0. The normalized spacial score (nSPS) is 17.9. The van der Waals surface area contributed by atoms with Crippen LogP contribution in [0.2, 0.25) is 0 Å². The molecule has 2 aromatic rings. The van der Waals surface area contributed by atoms with Crippen LogP contribution in [-0.4, -0.2) is 0 Å². The Morgan fingerprint density at radius 1 is 0.690 bits per heavy atom. The fraction of sp³-hybridized carbons (Fsp3) is 0.310. The van der Waals surface area contributed by atoms with E-state index in [1.807, 2.05) is 0 Å². The molecule has 2 aromatic carbocycles. The van der Waals surface area contributed by atoms with Gasteiger partial charge in [0.05, 0.1) is 0 Å². The molecule has 0 radical (unpaired) electrons. The third kappa shape index (κ3) is 5.53. The summed E-state index contributed by atoms with van der Waals surface area (Å²) in [6.07, 6.45) is 7.64. The Morgan fingerprint density at radius 3 is 1.76 bits per heavy atom. The van der Waals surface area contributed by atoms with Crippen LogP contribution in [0.1, 0.15) is 56.4 Å². The molecule has 2 atom stereocenters. The van der Waals surface area contributed by atoms with E-state index in [0.717, 1.165) is 36.0 Å². The van der Waals surface area contributed by atoms with E-state index in [4.69, 9.17) is 0 Å². The van der Waals surface area contributed by atoms with Gasteiger partial charge < -0.3 is 0 Å². The lowest BCUT2D eigenvalue weighted by molar-refractivity contribution is 0.575. The van der Waals surface area contributed by atoms with Crippen LogP contribution < -0.4 is 0 Å². The highest BCUT2D eigenvalue weighted by atomic mass is 14.2. The summed E-state index contributed by atoms with van der Waals surface area (Å²) in [5.41, 5.74) is 7.35. The van der Waals surface area contributed by atoms with E-state index in [1.54, 1.807) is 0 Å². The average molecular weight is 379 g/mol. The van der Waals surface area contributed by atoms with Crippen molar-refractivity contribution in [2.24, 2.45) is 11.8 Å². The zero-order chi connectivity index (χ0) is 20.6. The van der Waals surface area contributed by atoms with Gasteiger partial charge in [0.15, 0.2) is 0 Å². The first-order valence-corrected chi connectivity index (χ1v) is 10.8. The summed E-state index contributed by atoms with van der Waals surface area (Å²) < 4.78 is 0. The van der Waals surface area contributed by atoms with E-state index in [9.17, 15) is 0 Å². The van der Waals surface area contributed by atoms with Crippen LogP contribution >= 0.6 is 0 Å². The molecule has 2 unspecified atom stereocenters. The van der Waals surface area contributed by atoms with Crippen LogP contribution in [0.4, 0.5) is 0 Å². The molecular formula is C29H30. The third-order valence-corrected chi connectivity index (χ3v) is 5.56. The van der Waals surface area contributed by atoms with Gasteiger partial charge in [0, 0.05) is 22.6 Å². The summed E-state index contributed by atoms with van der Waals surface area (Å²) in [4.78, 5) is 0. The molecule has 0 aromatic heterocycles. The maximum atomic E-state index is 3.52. The number of allylic oxidation sites excluding steroid dienone is 4. The van der Waals surface area contributed by atoms with Crippen molar-refractivity contribution in [1.82, 2.24) is 0 Å². The first-order chi connectivity index (χ1) is 14.1. The van der Waals surface area contributed by atoms with Gasteiger partial charge in [-0.15, -0.1) is 0 Å². The van der Waals surface area contributed by atoms with E-state index < -0.39 is 0 Å². The Balaban J connectivity index is 1.77. The summed E-state index contributed by atoms with van der Waals surface area (Å²) >= 11 is 0. The second-order valence-corrected chi connectivity index (χ2v) is 7.65. The average Bonchev–Trinajstić information content (AvgIpc) is 2.77. The summed E-state index contributed by atoms with van der Waals surface area (Å²) in [7, 11) is 0. The van der Waals surface area contributed by atoms with Crippen LogP contribution in [0.5, 0.6) is 0 Å². The number of aryl methyl sites for hydroxylation is 2. The van der Waals surface area contributed by atoms with Gasteiger partial charge >= 0.3 is 0 Å². The van der Waals surface area contributed by atoms with E-state index in [-0.39, 0.29) is 5.92 Å². The molecule has 1 aliphatic rings. The first kappa shape index (κ1) is 20.8. The number of hydrogen-bond donors (Lipinski definition) is 0. The Morgan fingerprint density at radius 2 is 1.24 bits per heavy atom. The molecule has 3 rings (SSSR count). The molecule has 29 heavy (non-hydrogen) atoms. The van der Waals surface area contributed by atoms with Crippen molar-refractivity contribution in [3.63, 3.8) is 0 Å². The topological polar surface area (TPSA) is 0 Å². The molecule has 0 fully saturated rings. The zero-order valence-corrected chi connectivity index (χ0v) is 18.0. The van der Waals surface area contributed by atoms with Crippen molar-refractivity contribution in [1.29, 1.82) is 0 Å². The minimum absolute atomic E-state index is 0.264. The second-order valence-electron chi connectivity index (χ2n) is 7.65. The highest BCUT2D eigenvalue weighted by molar-refractivity contribution is 5.50. The largest absolute Gasteiger partial charge is 0.0894 e. The van der Waals surface area contributed by atoms with Crippen molar-refractivity contribution in [2.45, 2.75) is 47.0 Å². The van der Waals surface area contributed by atoms with Crippen LogP contribution in [-0.2, 0) is 12.8 Å². The molecule has 146 valence electrons. The van der Waals surface area contributed by atoms with E-state index in [1.165, 1.54) is 16.7 Å². The minimum atomic E-state index is 0.264. The van der Waals surface area contributed by atoms with Gasteiger partial charge in [-0.3, -0.25) is 0 Å². The van der Waals surface area contributed by atoms with Crippen LogP contribution in [0.3, 0.4) is 0 Å². The van der Waals surface area contributed by atoms with Gasteiger partial charge in [0.25, 0.3) is 0 Å². The fourth-order valence-corrected chi connectivity index (χ4v) is 3.63. The highest BCUT2D eigenvalue weighted by Crippen LogP contribution is 2.30. The maximum Gasteiger partial charge on any atom is 0.0479 e. The molecule has 0 nitrogen and oxygen atoms in total. The van der Waals surface area contributed by atoms with E-state index >= 15 is 0 Å². The first-order valence-electron chi connectivity index (χ1n) is 10.8. The van der Waals surface area contributed by atoms with E-state index in [2.05, 4.69) is 112 Å². The van der Waals surface area contributed by atoms with Crippen LogP contribution in [0.15, 0.2) is 71.8 Å². The molecule has 0 N–H and O–H groups in total. The van der Waals surface area contributed by atoms with Crippen molar-refractivity contribution >= 4 is 0 Å². The van der Waals surface area contributed by atoms with E-state index in [0.29, 0.717) is 5.92 Å². The summed E-state index contributed by atoms with van der Waals surface area (Å²) in [6.45, 7) is 8.81. The molecule has 0 spiro atoms. The molecular weight excluding hydrogens is 348 g/mol. The molecule has 1 aliphatic carbocycles. The van der Waals surface area contributed by atoms with Crippen LogP contribution in [0, 0.1) is 35.5 Å². The van der Waals surface area contributed by atoms with Gasteiger partial charge in [-0.1, -0.05) is 87.3 Å². The second kappa shape index (κ2) is 10.0. The lowest BCUT2D eigenvalue weighted by Crippen LogP contribution is -2.14. The number of rotatable bonds is 3. The molecule has 0 aliphatic heterocycles. The van der Waals surface area contributed by atoms with Gasteiger partial charge in [-0.25, -0.2) is 0 Å². The SMILES string of the molecule is CCC1=CC(C#Cc2ccc(CC)cc2)=CC(C)C1C#Cc1ccc(CC)cc1. The monoisotopic (exact) mass is 378 g/mol. The Bertz CT molecular complexity index is 1010. The predicted molar refractivity (Wildman–Crippen MR) is 125 cm³/mol. The molecule has 0 heterocycles.